The summed E-state index contributed by atoms with van der Waals surface area (Å²) in [7, 11) is 4.66. The summed E-state index contributed by atoms with van der Waals surface area (Å²) in [4.78, 5) is 0. The lowest BCUT2D eigenvalue weighted by Crippen LogP contribution is -2.52. The lowest BCUT2D eigenvalue weighted by Gasteiger charge is -2.40. The van der Waals surface area contributed by atoms with Crippen molar-refractivity contribution < 1.29 is 29.2 Å². The molecule has 0 unspecified atom stereocenters. The van der Waals surface area contributed by atoms with E-state index in [1.54, 1.807) is 14.2 Å². The van der Waals surface area contributed by atoms with Gasteiger partial charge >= 0.3 is 0 Å². The van der Waals surface area contributed by atoms with Crippen molar-refractivity contribution >= 4 is 31.9 Å². The van der Waals surface area contributed by atoms with Crippen LogP contribution in [0, 0.1) is 0 Å². The quantitative estimate of drug-likeness (QED) is 0.421. The van der Waals surface area contributed by atoms with Crippen molar-refractivity contribution in [2.24, 2.45) is 0 Å². The van der Waals surface area contributed by atoms with Gasteiger partial charge in [-0.15, -0.1) is 0 Å². The van der Waals surface area contributed by atoms with Crippen LogP contribution in [0.25, 0.3) is 0 Å². The highest BCUT2D eigenvalue weighted by Crippen LogP contribution is 2.71. The fourth-order valence-electron chi connectivity index (χ4n) is 5.55. The van der Waals surface area contributed by atoms with Gasteiger partial charge in [-0.05, 0) is 61.5 Å². The normalized spacial score (nSPS) is 27.0. The average Bonchev–Trinajstić information content (AvgIpc) is 3.27. The maximum absolute atomic E-state index is 12.6. The van der Waals surface area contributed by atoms with Crippen LogP contribution in [0.3, 0.4) is 0 Å². The summed E-state index contributed by atoms with van der Waals surface area (Å²) in [5, 5.41) is 24.1. The number of benzene rings is 3. The minimum absolute atomic E-state index is 0.288. The molecule has 6 nitrogen and oxygen atoms in total. The highest BCUT2D eigenvalue weighted by atomic mass is 79.9. The predicted octanol–water partition coefficient (Wildman–Crippen LogP) is 5.26. The van der Waals surface area contributed by atoms with E-state index in [0.29, 0.717) is 43.1 Å². The van der Waals surface area contributed by atoms with Gasteiger partial charge in [0.2, 0.25) is 0 Å². The summed E-state index contributed by atoms with van der Waals surface area (Å²) in [6.07, 6.45) is -0.849. The Bertz CT molecular complexity index is 1230. The number of hydrogen-bond acceptors (Lipinski definition) is 6. The number of fused-ring (bicyclic) bond motifs is 3. The van der Waals surface area contributed by atoms with Crippen molar-refractivity contribution in [2.45, 2.75) is 29.6 Å². The van der Waals surface area contributed by atoms with E-state index in [4.69, 9.17) is 18.9 Å². The molecule has 0 saturated heterocycles. The zero-order valence-corrected chi connectivity index (χ0v) is 22.0. The topological polar surface area (TPSA) is 77.4 Å². The van der Waals surface area contributed by atoms with Crippen LogP contribution >= 0.6 is 31.9 Å². The summed E-state index contributed by atoms with van der Waals surface area (Å²) in [6.45, 7) is 0. The fraction of sp³-hybridized carbons (Fsp3) is 0.308. The van der Waals surface area contributed by atoms with Gasteiger partial charge in [-0.3, -0.25) is 0 Å². The fourth-order valence-corrected chi connectivity index (χ4v) is 7.17. The maximum atomic E-state index is 12.6. The Kier molecular flexibility index (Phi) is 5.83. The molecule has 1 fully saturated rings. The van der Waals surface area contributed by atoms with Gasteiger partial charge in [0.15, 0.2) is 17.0 Å². The van der Waals surface area contributed by atoms with Gasteiger partial charge in [-0.2, -0.15) is 0 Å². The third-order valence-electron chi connectivity index (χ3n) is 7.02. The van der Waals surface area contributed by atoms with Gasteiger partial charge in [0, 0.05) is 5.92 Å². The molecule has 2 N–H and O–H groups in total. The third-order valence-corrected chi connectivity index (χ3v) is 8.46. The van der Waals surface area contributed by atoms with E-state index in [1.165, 1.54) is 7.11 Å². The van der Waals surface area contributed by atoms with Crippen LogP contribution in [0.1, 0.15) is 29.0 Å². The minimum Gasteiger partial charge on any atom is -0.497 e. The van der Waals surface area contributed by atoms with Crippen molar-refractivity contribution in [1.82, 2.24) is 0 Å². The molecule has 0 aromatic heterocycles. The zero-order chi connectivity index (χ0) is 24.3. The zero-order valence-electron chi connectivity index (χ0n) is 18.8. The summed E-state index contributed by atoms with van der Waals surface area (Å²) in [5.41, 5.74) is -1.13. The average molecular weight is 592 g/mol. The third kappa shape index (κ3) is 2.92. The Morgan fingerprint density at radius 2 is 1.53 bits per heavy atom. The lowest BCUT2D eigenvalue weighted by atomic mass is 9.71. The number of hydrogen-bond donors (Lipinski definition) is 2. The molecular weight excluding hydrogens is 568 g/mol. The molecule has 1 aliphatic carbocycles. The predicted molar refractivity (Wildman–Crippen MR) is 134 cm³/mol. The first kappa shape index (κ1) is 23.5. The molecule has 1 heterocycles. The van der Waals surface area contributed by atoms with Crippen LogP contribution in [0.2, 0.25) is 0 Å². The van der Waals surface area contributed by atoms with Gasteiger partial charge in [-0.1, -0.05) is 42.5 Å². The smallest absolute Gasteiger partial charge is 0.176 e. The van der Waals surface area contributed by atoms with Crippen LogP contribution < -0.4 is 18.9 Å². The Morgan fingerprint density at radius 1 is 0.882 bits per heavy atom. The highest BCUT2D eigenvalue weighted by Gasteiger charge is 2.74. The lowest BCUT2D eigenvalue weighted by molar-refractivity contribution is -0.150. The maximum Gasteiger partial charge on any atom is 0.176 e. The molecule has 1 aliphatic heterocycles. The molecule has 5 rings (SSSR count). The Labute approximate surface area is 214 Å². The molecule has 0 radical (unpaired) electrons. The molecule has 2 aliphatic rings. The molecule has 178 valence electrons. The van der Waals surface area contributed by atoms with E-state index in [0.717, 1.165) is 5.56 Å². The Balaban J connectivity index is 1.86. The first-order valence-electron chi connectivity index (χ1n) is 10.8. The minimum atomic E-state index is -1.82. The Hall–Kier alpha value is -2.26. The highest BCUT2D eigenvalue weighted by molar-refractivity contribution is 9.11. The van der Waals surface area contributed by atoms with Gasteiger partial charge < -0.3 is 29.2 Å². The molecule has 0 amide bonds. The first-order valence-corrected chi connectivity index (χ1v) is 12.4. The number of halogens is 2. The standard InChI is InChI=1S/C26H24Br2O6/c1-31-16-11-9-15(10-12-16)26-17(14-7-5-4-6-8-14)13-18(29)25(26,30)19-22(32-2)20(27)24(33-3)21(28)23(19)34-26/h4-12,17-18,29-30H,13H2,1-3H3/t17-,18+,25+,26-/m0/s1. The summed E-state index contributed by atoms with van der Waals surface area (Å²) < 4.78 is 24.5. The van der Waals surface area contributed by atoms with Gasteiger partial charge in [0.25, 0.3) is 0 Å². The molecule has 0 bridgehead atoms. The molecule has 4 atom stereocenters. The number of methoxy groups -OCH3 is 3. The van der Waals surface area contributed by atoms with E-state index >= 15 is 0 Å². The van der Waals surface area contributed by atoms with Crippen LogP contribution in [-0.4, -0.2) is 37.6 Å². The largest absolute Gasteiger partial charge is 0.497 e. The van der Waals surface area contributed by atoms with Crippen molar-refractivity contribution in [2.75, 3.05) is 21.3 Å². The molecular formula is C26H24Br2O6. The van der Waals surface area contributed by atoms with E-state index < -0.39 is 17.3 Å². The van der Waals surface area contributed by atoms with Crippen LogP contribution in [-0.2, 0) is 11.2 Å². The van der Waals surface area contributed by atoms with Gasteiger partial charge in [0.1, 0.15) is 26.2 Å². The second kappa shape index (κ2) is 8.45. The summed E-state index contributed by atoms with van der Waals surface area (Å²) >= 11 is 7.16. The van der Waals surface area contributed by atoms with Crippen LogP contribution in [0.5, 0.6) is 23.0 Å². The van der Waals surface area contributed by atoms with Crippen molar-refractivity contribution in [3.05, 3.63) is 80.2 Å². The second-order valence-corrected chi connectivity index (χ2v) is 10.0. The van der Waals surface area contributed by atoms with Gasteiger partial charge in [-0.25, -0.2) is 0 Å². The van der Waals surface area contributed by atoms with E-state index in [2.05, 4.69) is 31.9 Å². The van der Waals surface area contributed by atoms with Crippen molar-refractivity contribution in [1.29, 1.82) is 0 Å². The SMILES string of the molecule is COc1ccc([C@@]23Oc4c(Br)c(OC)c(Br)c(OC)c4[C@]2(O)[C@H](O)C[C@H]3c2ccccc2)cc1. The monoisotopic (exact) mass is 590 g/mol. The van der Waals surface area contributed by atoms with Crippen molar-refractivity contribution in [3.8, 4) is 23.0 Å². The number of ether oxygens (including phenoxy) is 4. The van der Waals surface area contributed by atoms with Crippen LogP contribution in [0.15, 0.2) is 63.5 Å². The van der Waals surface area contributed by atoms with Crippen LogP contribution in [0.4, 0.5) is 0 Å². The summed E-state index contributed by atoms with van der Waals surface area (Å²) in [5.74, 6) is 1.50. The van der Waals surface area contributed by atoms with E-state index in [1.807, 2.05) is 54.6 Å². The first-order chi connectivity index (χ1) is 16.3. The molecule has 34 heavy (non-hydrogen) atoms. The number of aliphatic hydroxyl groups excluding tert-OH is 1. The molecule has 1 saturated carbocycles. The molecule has 8 heteroatoms. The second-order valence-electron chi connectivity index (χ2n) is 8.45. The van der Waals surface area contributed by atoms with Crippen molar-refractivity contribution in [3.63, 3.8) is 0 Å². The summed E-state index contributed by atoms with van der Waals surface area (Å²) in [6, 6.07) is 17.2. The number of aliphatic hydroxyl groups is 2. The molecule has 3 aromatic rings. The molecule has 0 spiro atoms. The Morgan fingerprint density at radius 3 is 2.12 bits per heavy atom. The van der Waals surface area contributed by atoms with E-state index in [9.17, 15) is 10.2 Å². The number of rotatable bonds is 5. The molecule has 3 aromatic carbocycles. The van der Waals surface area contributed by atoms with E-state index in [-0.39, 0.29) is 12.3 Å². The van der Waals surface area contributed by atoms with Gasteiger partial charge in [0.05, 0.1) is 33.0 Å².